The maximum atomic E-state index is 12.5. The van der Waals surface area contributed by atoms with Gasteiger partial charge in [0.25, 0.3) is 0 Å². The second kappa shape index (κ2) is 7.65. The van der Waals surface area contributed by atoms with Crippen molar-refractivity contribution in [1.29, 1.82) is 0 Å². The van der Waals surface area contributed by atoms with Gasteiger partial charge in [0.05, 0.1) is 4.90 Å². The predicted octanol–water partition coefficient (Wildman–Crippen LogP) is 5.06. The van der Waals surface area contributed by atoms with Gasteiger partial charge in [-0.15, -0.1) is 0 Å². The molecule has 3 rings (SSSR count). The highest BCUT2D eigenvalue weighted by molar-refractivity contribution is 7.90. The van der Waals surface area contributed by atoms with Crippen LogP contribution < -0.4 is 0 Å². The van der Waals surface area contributed by atoms with Gasteiger partial charge in [-0.2, -0.15) is 9.78 Å². The van der Waals surface area contributed by atoms with Crippen LogP contribution in [0.4, 0.5) is 4.79 Å². The molecule has 0 amide bonds. The molecule has 0 unspecified atom stereocenters. The summed E-state index contributed by atoms with van der Waals surface area (Å²) in [6.07, 6.45) is 2.14. The molecule has 0 N–H and O–H groups in total. The van der Waals surface area contributed by atoms with Crippen LogP contribution >= 0.6 is 11.6 Å². The molecule has 0 fully saturated rings. The molecule has 6 nitrogen and oxygen atoms in total. The number of nitrogens with zero attached hydrogens (tertiary/aromatic N) is 2. The zero-order valence-electron chi connectivity index (χ0n) is 16.5. The Morgan fingerprint density at radius 2 is 1.55 bits per heavy atom. The monoisotopic (exact) mass is 432 g/mol. The SMILES string of the molecule is CC(C)(C)OC(=O)n1cc(-c2ccc(Cl)cc2)c(-c2ccc(S(C)(=O)=O)cc2)n1. The zero-order chi connectivity index (χ0) is 21.4. The quantitative estimate of drug-likeness (QED) is 0.578. The molecule has 0 aliphatic carbocycles. The van der Waals surface area contributed by atoms with Gasteiger partial charge in [-0.25, -0.2) is 13.2 Å². The molecule has 3 aromatic rings. The number of ether oxygens (including phenoxy) is 1. The van der Waals surface area contributed by atoms with Gasteiger partial charge in [0, 0.05) is 28.6 Å². The minimum Gasteiger partial charge on any atom is -0.442 e. The average molecular weight is 433 g/mol. The van der Waals surface area contributed by atoms with Crippen LogP contribution in [0.1, 0.15) is 20.8 Å². The number of rotatable bonds is 3. The fourth-order valence-corrected chi connectivity index (χ4v) is 3.45. The van der Waals surface area contributed by atoms with Crippen molar-refractivity contribution < 1.29 is 17.9 Å². The Morgan fingerprint density at radius 3 is 2.07 bits per heavy atom. The molecular weight excluding hydrogens is 412 g/mol. The summed E-state index contributed by atoms with van der Waals surface area (Å²) in [5.41, 5.74) is 2.04. The van der Waals surface area contributed by atoms with Gasteiger partial charge in [-0.3, -0.25) is 0 Å². The average Bonchev–Trinajstić information content (AvgIpc) is 3.06. The Morgan fingerprint density at radius 1 is 1.00 bits per heavy atom. The normalized spacial score (nSPS) is 12.0. The maximum Gasteiger partial charge on any atom is 0.435 e. The minimum atomic E-state index is -3.31. The third kappa shape index (κ3) is 5.05. The third-order valence-electron chi connectivity index (χ3n) is 4.01. The lowest BCUT2D eigenvalue weighted by Crippen LogP contribution is -2.27. The Hall–Kier alpha value is -2.64. The van der Waals surface area contributed by atoms with Crippen LogP contribution in [0, 0.1) is 0 Å². The van der Waals surface area contributed by atoms with Gasteiger partial charge in [0.15, 0.2) is 9.84 Å². The van der Waals surface area contributed by atoms with E-state index in [1.807, 2.05) is 12.1 Å². The molecule has 152 valence electrons. The van der Waals surface area contributed by atoms with E-state index in [9.17, 15) is 13.2 Å². The summed E-state index contributed by atoms with van der Waals surface area (Å²) in [4.78, 5) is 12.7. The molecule has 0 spiro atoms. The van der Waals surface area contributed by atoms with E-state index in [-0.39, 0.29) is 4.90 Å². The van der Waals surface area contributed by atoms with Crippen LogP contribution in [0.25, 0.3) is 22.4 Å². The summed E-state index contributed by atoms with van der Waals surface area (Å²) >= 11 is 5.99. The Kier molecular flexibility index (Phi) is 5.56. The predicted molar refractivity (Wildman–Crippen MR) is 113 cm³/mol. The first-order chi connectivity index (χ1) is 13.4. The third-order valence-corrected chi connectivity index (χ3v) is 5.39. The first-order valence-electron chi connectivity index (χ1n) is 8.83. The number of carbonyl (C=O) groups excluding carboxylic acids is 1. The van der Waals surface area contributed by atoms with Crippen molar-refractivity contribution in [1.82, 2.24) is 9.78 Å². The lowest BCUT2D eigenvalue weighted by molar-refractivity contribution is 0.0515. The van der Waals surface area contributed by atoms with Gasteiger partial charge in [0.2, 0.25) is 0 Å². The summed E-state index contributed by atoms with van der Waals surface area (Å²) in [7, 11) is -3.31. The highest BCUT2D eigenvalue weighted by Gasteiger charge is 2.22. The van der Waals surface area contributed by atoms with E-state index in [4.69, 9.17) is 16.3 Å². The molecule has 0 atom stereocenters. The first-order valence-corrected chi connectivity index (χ1v) is 11.1. The molecule has 29 heavy (non-hydrogen) atoms. The van der Waals surface area contributed by atoms with Crippen molar-refractivity contribution in [2.45, 2.75) is 31.3 Å². The van der Waals surface area contributed by atoms with Crippen molar-refractivity contribution in [3.63, 3.8) is 0 Å². The van der Waals surface area contributed by atoms with Crippen LogP contribution in [0.2, 0.25) is 5.02 Å². The number of hydrogen-bond acceptors (Lipinski definition) is 5. The van der Waals surface area contributed by atoms with Gasteiger partial charge >= 0.3 is 6.09 Å². The standard InChI is InChI=1S/C21H21ClN2O4S/c1-21(2,3)28-20(25)24-13-18(14-5-9-16(22)10-6-14)19(23-24)15-7-11-17(12-8-15)29(4,26)27/h5-13H,1-4H3. The van der Waals surface area contributed by atoms with Gasteiger partial charge in [-0.05, 0) is 50.6 Å². The maximum absolute atomic E-state index is 12.5. The molecule has 0 bridgehead atoms. The van der Waals surface area contributed by atoms with Gasteiger partial charge in [0.1, 0.15) is 11.3 Å². The zero-order valence-corrected chi connectivity index (χ0v) is 18.1. The molecule has 1 aromatic heterocycles. The molecule has 1 heterocycles. The van der Waals surface area contributed by atoms with E-state index in [2.05, 4.69) is 5.10 Å². The molecule has 0 saturated carbocycles. The van der Waals surface area contributed by atoms with E-state index < -0.39 is 21.5 Å². The number of carbonyl (C=O) groups is 1. The lowest BCUT2D eigenvalue weighted by Gasteiger charge is -2.18. The lowest BCUT2D eigenvalue weighted by atomic mass is 10.0. The molecular formula is C21H21ClN2O4S. The number of sulfone groups is 1. The van der Waals surface area contributed by atoms with Crippen LogP contribution in [-0.2, 0) is 14.6 Å². The highest BCUT2D eigenvalue weighted by atomic mass is 35.5. The topological polar surface area (TPSA) is 78.3 Å². The molecule has 0 aliphatic rings. The number of hydrogen-bond donors (Lipinski definition) is 0. The summed E-state index contributed by atoms with van der Waals surface area (Å²) in [5, 5.41) is 5.01. The largest absolute Gasteiger partial charge is 0.442 e. The second-order valence-electron chi connectivity index (χ2n) is 7.62. The van der Waals surface area contributed by atoms with Crippen LogP contribution in [0.5, 0.6) is 0 Å². The molecule has 0 saturated heterocycles. The van der Waals surface area contributed by atoms with Crippen LogP contribution in [0.3, 0.4) is 0 Å². The van der Waals surface area contributed by atoms with Crippen LogP contribution in [0.15, 0.2) is 59.6 Å². The Balaban J connectivity index is 2.11. The molecule has 8 heteroatoms. The number of aromatic nitrogens is 2. The van der Waals surface area contributed by atoms with E-state index in [0.29, 0.717) is 21.8 Å². The van der Waals surface area contributed by atoms with Gasteiger partial charge < -0.3 is 4.74 Å². The number of halogens is 1. The Labute approximate surface area is 175 Å². The molecule has 0 radical (unpaired) electrons. The van der Waals surface area contributed by atoms with Crippen LogP contribution in [-0.4, -0.2) is 36.1 Å². The van der Waals surface area contributed by atoms with Crippen molar-refractivity contribution in [2.75, 3.05) is 6.26 Å². The summed E-state index contributed by atoms with van der Waals surface area (Å²) in [5.74, 6) is 0. The first kappa shape index (κ1) is 21.1. The second-order valence-corrected chi connectivity index (χ2v) is 10.1. The Bertz CT molecular complexity index is 1140. The fraction of sp³-hybridized carbons (Fsp3) is 0.238. The van der Waals surface area contributed by atoms with Crippen molar-refractivity contribution in [3.8, 4) is 22.4 Å². The summed E-state index contributed by atoms with van der Waals surface area (Å²) in [6.45, 7) is 5.33. The van der Waals surface area contributed by atoms with E-state index in [1.54, 1.807) is 51.2 Å². The van der Waals surface area contributed by atoms with Crippen molar-refractivity contribution in [3.05, 3.63) is 59.8 Å². The van der Waals surface area contributed by atoms with E-state index in [0.717, 1.165) is 16.5 Å². The number of benzene rings is 2. The van der Waals surface area contributed by atoms with Crippen molar-refractivity contribution >= 4 is 27.5 Å². The molecule has 2 aromatic carbocycles. The minimum absolute atomic E-state index is 0.209. The van der Waals surface area contributed by atoms with E-state index in [1.165, 1.54) is 12.1 Å². The van der Waals surface area contributed by atoms with Gasteiger partial charge in [-0.1, -0.05) is 35.9 Å². The smallest absolute Gasteiger partial charge is 0.435 e. The summed E-state index contributed by atoms with van der Waals surface area (Å²) in [6, 6.07) is 13.5. The molecule has 0 aliphatic heterocycles. The summed E-state index contributed by atoms with van der Waals surface area (Å²) < 4.78 is 30.0. The van der Waals surface area contributed by atoms with Crippen molar-refractivity contribution in [2.24, 2.45) is 0 Å². The fourth-order valence-electron chi connectivity index (χ4n) is 2.69. The van der Waals surface area contributed by atoms with E-state index >= 15 is 0 Å². The highest BCUT2D eigenvalue weighted by Crippen LogP contribution is 2.32.